The van der Waals surface area contributed by atoms with Crippen LogP contribution < -0.4 is 14.8 Å². The van der Waals surface area contributed by atoms with Gasteiger partial charge in [0, 0.05) is 24.7 Å². The summed E-state index contributed by atoms with van der Waals surface area (Å²) < 4.78 is 11.2. The maximum absolute atomic E-state index is 12.8. The summed E-state index contributed by atoms with van der Waals surface area (Å²) in [5, 5.41) is 3.30. The van der Waals surface area contributed by atoms with Crippen molar-refractivity contribution in [2.24, 2.45) is 11.3 Å². The zero-order valence-electron chi connectivity index (χ0n) is 19.4. The number of pyridine rings is 1. The van der Waals surface area contributed by atoms with Gasteiger partial charge in [-0.3, -0.25) is 14.7 Å². The number of piperidine rings is 1. The number of nitrogens with one attached hydrogen (secondary N) is 1. The molecule has 168 valence electrons. The Bertz CT molecular complexity index is 842. The van der Waals surface area contributed by atoms with Gasteiger partial charge in [0.15, 0.2) is 0 Å². The molecule has 1 aliphatic rings. The number of benzene rings is 1. The van der Waals surface area contributed by atoms with Crippen molar-refractivity contribution >= 4 is 5.91 Å². The summed E-state index contributed by atoms with van der Waals surface area (Å²) in [6, 6.07) is 11.7. The van der Waals surface area contributed by atoms with Crippen molar-refractivity contribution in [1.29, 1.82) is 0 Å². The molecule has 0 spiro atoms. The Morgan fingerprint density at radius 2 is 1.87 bits per heavy atom. The summed E-state index contributed by atoms with van der Waals surface area (Å²) in [5.41, 5.74) is 1.52. The third-order valence-electron chi connectivity index (χ3n) is 5.90. The summed E-state index contributed by atoms with van der Waals surface area (Å²) >= 11 is 0. The normalized spacial score (nSPS) is 18.3. The van der Waals surface area contributed by atoms with Gasteiger partial charge in [-0.2, -0.15) is 0 Å². The summed E-state index contributed by atoms with van der Waals surface area (Å²) in [5.74, 6) is 2.00. The van der Waals surface area contributed by atoms with Crippen molar-refractivity contribution in [3.63, 3.8) is 0 Å². The number of likely N-dealkylation sites (tertiary alicyclic amines) is 1. The molecule has 1 amide bonds. The molecule has 1 aromatic carbocycles. The largest absolute Gasteiger partial charge is 0.496 e. The molecule has 6 nitrogen and oxygen atoms in total. The van der Waals surface area contributed by atoms with Crippen LogP contribution in [-0.4, -0.2) is 43.1 Å². The standard InChI is InChI=1S/C25H35N3O3/c1-25(2,3)24(29)27-23(20-11-6-7-14-26-20)18-10-9-15-28(16-18)17-19-21(30-4)12-8-13-22(19)31-5/h6-8,11-14,18,23H,9-10,15-17H2,1-5H3,(H,27,29)/t18-,23+/m1/s1. The fourth-order valence-electron chi connectivity index (χ4n) is 4.17. The number of hydrogen-bond donors (Lipinski definition) is 1. The first-order valence-corrected chi connectivity index (χ1v) is 11.0. The average Bonchev–Trinajstić information content (AvgIpc) is 2.77. The lowest BCUT2D eigenvalue weighted by Gasteiger charge is -2.38. The monoisotopic (exact) mass is 425 g/mol. The third kappa shape index (κ3) is 5.76. The van der Waals surface area contributed by atoms with Crippen molar-refractivity contribution in [3.05, 3.63) is 53.9 Å². The fraction of sp³-hybridized carbons (Fsp3) is 0.520. The van der Waals surface area contributed by atoms with Gasteiger partial charge in [-0.05, 0) is 49.6 Å². The van der Waals surface area contributed by atoms with E-state index in [2.05, 4.69) is 15.2 Å². The molecular weight excluding hydrogens is 390 g/mol. The number of carbonyl (C=O) groups excluding carboxylic acids is 1. The topological polar surface area (TPSA) is 63.7 Å². The van der Waals surface area contributed by atoms with Gasteiger partial charge in [0.05, 0.1) is 31.5 Å². The second-order valence-corrected chi connectivity index (χ2v) is 9.23. The molecule has 2 heterocycles. The summed E-state index contributed by atoms with van der Waals surface area (Å²) in [6.07, 6.45) is 3.91. The van der Waals surface area contributed by atoms with Crippen LogP contribution in [0.2, 0.25) is 0 Å². The molecule has 0 saturated carbocycles. The third-order valence-corrected chi connectivity index (χ3v) is 5.90. The van der Waals surface area contributed by atoms with E-state index >= 15 is 0 Å². The van der Waals surface area contributed by atoms with Gasteiger partial charge in [-0.1, -0.05) is 32.9 Å². The number of carbonyl (C=O) groups is 1. The Hall–Kier alpha value is -2.60. The molecule has 0 unspecified atom stereocenters. The van der Waals surface area contributed by atoms with Gasteiger partial charge in [-0.15, -0.1) is 0 Å². The molecule has 0 radical (unpaired) electrons. The van der Waals surface area contributed by atoms with Crippen molar-refractivity contribution < 1.29 is 14.3 Å². The maximum Gasteiger partial charge on any atom is 0.225 e. The molecule has 1 N–H and O–H groups in total. The molecule has 31 heavy (non-hydrogen) atoms. The summed E-state index contributed by atoms with van der Waals surface area (Å²) in [6.45, 7) is 8.44. The van der Waals surface area contributed by atoms with Gasteiger partial charge in [0.2, 0.25) is 5.91 Å². The van der Waals surface area contributed by atoms with E-state index in [9.17, 15) is 4.79 Å². The highest BCUT2D eigenvalue weighted by Gasteiger charge is 2.33. The van der Waals surface area contributed by atoms with Crippen molar-refractivity contribution in [1.82, 2.24) is 15.2 Å². The quantitative estimate of drug-likeness (QED) is 0.720. The predicted octanol–water partition coefficient (Wildman–Crippen LogP) is 4.21. The second-order valence-electron chi connectivity index (χ2n) is 9.23. The SMILES string of the molecule is COc1cccc(OC)c1CN1CCC[C@@H]([C@H](NC(=O)C(C)(C)C)c2ccccn2)C1. The number of nitrogens with zero attached hydrogens (tertiary/aromatic N) is 2. The van der Waals surface area contributed by atoms with E-state index in [0.29, 0.717) is 0 Å². The Balaban J connectivity index is 1.82. The first-order valence-electron chi connectivity index (χ1n) is 11.0. The maximum atomic E-state index is 12.8. The number of rotatable bonds is 7. The van der Waals surface area contributed by atoms with Gasteiger partial charge in [-0.25, -0.2) is 0 Å². The lowest BCUT2D eigenvalue weighted by molar-refractivity contribution is -0.130. The Kier molecular flexibility index (Phi) is 7.55. The van der Waals surface area contributed by atoms with Gasteiger partial charge >= 0.3 is 0 Å². The van der Waals surface area contributed by atoms with Crippen LogP contribution in [0.1, 0.15) is 50.9 Å². The molecule has 3 rings (SSSR count). The highest BCUT2D eigenvalue weighted by atomic mass is 16.5. The first-order chi connectivity index (χ1) is 14.8. The van der Waals surface area contributed by atoms with E-state index in [1.165, 1.54) is 0 Å². The van der Waals surface area contributed by atoms with Crippen molar-refractivity contribution in [2.75, 3.05) is 27.3 Å². The van der Waals surface area contributed by atoms with E-state index in [1.54, 1.807) is 20.4 Å². The van der Waals surface area contributed by atoms with E-state index < -0.39 is 5.41 Å². The molecular formula is C25H35N3O3. The minimum Gasteiger partial charge on any atom is -0.496 e. The molecule has 1 aliphatic heterocycles. The van der Waals surface area contributed by atoms with Crippen LogP contribution in [0.4, 0.5) is 0 Å². The molecule has 0 bridgehead atoms. The molecule has 0 aliphatic carbocycles. The molecule has 1 aromatic heterocycles. The summed E-state index contributed by atoms with van der Waals surface area (Å²) in [4.78, 5) is 19.8. The minimum atomic E-state index is -0.452. The smallest absolute Gasteiger partial charge is 0.225 e. The van der Waals surface area contributed by atoms with Crippen LogP contribution in [-0.2, 0) is 11.3 Å². The molecule has 1 saturated heterocycles. The average molecular weight is 426 g/mol. The number of amides is 1. The van der Waals surface area contributed by atoms with Crippen LogP contribution in [0, 0.1) is 11.3 Å². The van der Waals surface area contributed by atoms with Crippen LogP contribution >= 0.6 is 0 Å². The van der Waals surface area contributed by atoms with Crippen molar-refractivity contribution in [2.45, 2.75) is 46.2 Å². The first kappa shape index (κ1) is 23.1. The highest BCUT2D eigenvalue weighted by molar-refractivity contribution is 5.81. The fourth-order valence-corrected chi connectivity index (χ4v) is 4.17. The second kappa shape index (κ2) is 10.1. The van der Waals surface area contributed by atoms with Gasteiger partial charge in [0.1, 0.15) is 11.5 Å². The van der Waals surface area contributed by atoms with E-state index in [0.717, 1.165) is 55.2 Å². The van der Waals surface area contributed by atoms with Crippen LogP contribution in [0.5, 0.6) is 11.5 Å². The van der Waals surface area contributed by atoms with Crippen LogP contribution in [0.15, 0.2) is 42.6 Å². The van der Waals surface area contributed by atoms with E-state index in [4.69, 9.17) is 9.47 Å². The van der Waals surface area contributed by atoms with E-state index in [1.807, 2.05) is 57.2 Å². The van der Waals surface area contributed by atoms with E-state index in [-0.39, 0.29) is 17.9 Å². The van der Waals surface area contributed by atoms with Crippen LogP contribution in [0.25, 0.3) is 0 Å². The van der Waals surface area contributed by atoms with Gasteiger partial charge < -0.3 is 14.8 Å². The number of methoxy groups -OCH3 is 2. The Morgan fingerprint density at radius 1 is 1.16 bits per heavy atom. The summed E-state index contributed by atoms with van der Waals surface area (Å²) in [7, 11) is 3.38. The highest BCUT2D eigenvalue weighted by Crippen LogP contribution is 2.34. The zero-order valence-corrected chi connectivity index (χ0v) is 19.4. The van der Waals surface area contributed by atoms with Gasteiger partial charge in [0.25, 0.3) is 0 Å². The lowest BCUT2D eigenvalue weighted by Crippen LogP contribution is -2.45. The molecule has 1 fully saturated rings. The zero-order chi connectivity index (χ0) is 22.4. The molecule has 2 atom stereocenters. The van der Waals surface area contributed by atoms with Crippen LogP contribution in [0.3, 0.4) is 0 Å². The Labute approximate surface area is 186 Å². The number of hydrogen-bond acceptors (Lipinski definition) is 5. The molecule has 6 heteroatoms. The minimum absolute atomic E-state index is 0.0478. The molecule has 2 aromatic rings. The predicted molar refractivity (Wildman–Crippen MR) is 122 cm³/mol. The number of ether oxygens (including phenoxy) is 2. The Morgan fingerprint density at radius 3 is 2.45 bits per heavy atom. The lowest BCUT2D eigenvalue weighted by atomic mass is 9.86. The number of aromatic nitrogens is 1. The van der Waals surface area contributed by atoms with Crippen molar-refractivity contribution in [3.8, 4) is 11.5 Å².